The van der Waals surface area contributed by atoms with Crippen LogP contribution >= 0.6 is 0 Å². The molecule has 2 N–H and O–H groups in total. The number of carbonyl (C=O) groups is 2. The minimum absolute atomic E-state index is 0.0816. The molecule has 2 aromatic rings. The number of nitrogens with one attached hydrogen (secondary N) is 2. The van der Waals surface area contributed by atoms with Gasteiger partial charge in [0.25, 0.3) is 0 Å². The molecule has 0 bridgehead atoms. The predicted octanol–water partition coefficient (Wildman–Crippen LogP) is 2.95. The smallest absolute Gasteiger partial charge is 0.317 e. The summed E-state index contributed by atoms with van der Waals surface area (Å²) in [5, 5.41) is 5.77. The maximum absolute atomic E-state index is 12.5. The number of hydrogen-bond donors (Lipinski definition) is 2. The lowest BCUT2D eigenvalue weighted by Crippen LogP contribution is -2.47. The molecule has 0 spiro atoms. The van der Waals surface area contributed by atoms with Gasteiger partial charge in [-0.15, -0.1) is 0 Å². The molecule has 6 heteroatoms. The minimum atomic E-state index is -0.214. The van der Waals surface area contributed by atoms with Gasteiger partial charge >= 0.3 is 6.03 Å². The normalized spacial score (nSPS) is 16.8. The van der Waals surface area contributed by atoms with Gasteiger partial charge in [0, 0.05) is 25.8 Å². The highest BCUT2D eigenvalue weighted by Crippen LogP contribution is 2.18. The Balaban J connectivity index is 1.52. The van der Waals surface area contributed by atoms with Gasteiger partial charge in [-0.3, -0.25) is 4.79 Å². The molecule has 1 fully saturated rings. The van der Waals surface area contributed by atoms with Crippen LogP contribution < -0.4 is 10.6 Å². The van der Waals surface area contributed by atoms with Crippen molar-refractivity contribution in [2.24, 2.45) is 5.92 Å². The second-order valence-corrected chi connectivity index (χ2v) is 6.64. The highest BCUT2D eigenvalue weighted by atomic mass is 16.2. The number of likely N-dealkylation sites (tertiary alicyclic amines) is 1. The number of aromatic nitrogens is 1. The van der Waals surface area contributed by atoms with Crippen molar-refractivity contribution < 1.29 is 9.59 Å². The van der Waals surface area contributed by atoms with Gasteiger partial charge in [0.15, 0.2) is 0 Å². The molecule has 26 heavy (non-hydrogen) atoms. The summed E-state index contributed by atoms with van der Waals surface area (Å²) in [6.07, 6.45) is 3.32. The van der Waals surface area contributed by atoms with Crippen LogP contribution in [0.3, 0.4) is 0 Å². The lowest BCUT2D eigenvalue weighted by Gasteiger charge is -2.32. The molecule has 1 aliphatic rings. The SMILES string of the molecule is Cc1ccc(NC(=O)C2CCCN(C(=O)NCc3ccccc3)C2)nc1. The van der Waals surface area contributed by atoms with Gasteiger partial charge in [-0.05, 0) is 37.0 Å². The first-order chi connectivity index (χ1) is 12.6. The van der Waals surface area contributed by atoms with Crippen molar-refractivity contribution in [3.63, 3.8) is 0 Å². The summed E-state index contributed by atoms with van der Waals surface area (Å²) in [7, 11) is 0. The van der Waals surface area contributed by atoms with Gasteiger partial charge in [-0.1, -0.05) is 36.4 Å². The summed E-state index contributed by atoms with van der Waals surface area (Å²) in [6.45, 7) is 3.54. The Morgan fingerprint density at radius 1 is 1.19 bits per heavy atom. The molecule has 136 valence electrons. The zero-order valence-corrected chi connectivity index (χ0v) is 14.9. The number of pyridine rings is 1. The predicted molar refractivity (Wildman–Crippen MR) is 101 cm³/mol. The number of rotatable bonds is 4. The molecule has 2 heterocycles. The molecule has 3 rings (SSSR count). The standard InChI is InChI=1S/C20H24N4O2/c1-15-9-10-18(21-12-15)23-19(25)17-8-5-11-24(14-17)20(26)22-13-16-6-3-2-4-7-16/h2-4,6-7,9-10,12,17H,5,8,11,13-14H2,1H3,(H,22,26)(H,21,23,25). The van der Waals surface area contributed by atoms with Crippen molar-refractivity contribution in [2.45, 2.75) is 26.3 Å². The summed E-state index contributed by atoms with van der Waals surface area (Å²) >= 11 is 0. The Kier molecular flexibility index (Phi) is 5.84. The summed E-state index contributed by atoms with van der Waals surface area (Å²) in [5.41, 5.74) is 2.10. The van der Waals surface area contributed by atoms with Gasteiger partial charge in [-0.2, -0.15) is 0 Å². The van der Waals surface area contributed by atoms with Crippen LogP contribution in [0.2, 0.25) is 0 Å². The maximum Gasteiger partial charge on any atom is 0.317 e. The second kappa shape index (κ2) is 8.47. The van der Waals surface area contributed by atoms with E-state index in [1.54, 1.807) is 17.2 Å². The fourth-order valence-corrected chi connectivity index (χ4v) is 3.03. The van der Waals surface area contributed by atoms with E-state index in [2.05, 4.69) is 15.6 Å². The average Bonchev–Trinajstić information content (AvgIpc) is 2.69. The zero-order chi connectivity index (χ0) is 18.4. The molecule has 1 aromatic carbocycles. The van der Waals surface area contributed by atoms with E-state index in [9.17, 15) is 9.59 Å². The van der Waals surface area contributed by atoms with E-state index < -0.39 is 0 Å². The van der Waals surface area contributed by atoms with Gasteiger partial charge in [-0.25, -0.2) is 9.78 Å². The molecule has 1 saturated heterocycles. The van der Waals surface area contributed by atoms with Crippen molar-refractivity contribution in [3.05, 3.63) is 59.8 Å². The number of piperidine rings is 1. The Morgan fingerprint density at radius 2 is 2.00 bits per heavy atom. The number of urea groups is 1. The number of nitrogens with zero attached hydrogens (tertiary/aromatic N) is 2. The molecule has 0 saturated carbocycles. The van der Waals surface area contributed by atoms with Crippen LogP contribution in [0.4, 0.5) is 10.6 Å². The lowest BCUT2D eigenvalue weighted by molar-refractivity contribution is -0.121. The Hall–Kier alpha value is -2.89. The van der Waals surface area contributed by atoms with Crippen LogP contribution in [0, 0.1) is 12.8 Å². The third kappa shape index (κ3) is 4.81. The highest BCUT2D eigenvalue weighted by molar-refractivity contribution is 5.92. The largest absolute Gasteiger partial charge is 0.334 e. The van der Waals surface area contributed by atoms with Crippen LogP contribution in [0.1, 0.15) is 24.0 Å². The first kappa shape index (κ1) is 17.9. The summed E-state index contributed by atoms with van der Waals surface area (Å²) in [4.78, 5) is 30.8. The van der Waals surface area contributed by atoms with Crippen LogP contribution in [0.5, 0.6) is 0 Å². The molecular weight excluding hydrogens is 328 g/mol. The Bertz CT molecular complexity index is 746. The molecular formula is C20H24N4O2. The van der Waals surface area contributed by atoms with Crippen LogP contribution in [0.25, 0.3) is 0 Å². The van der Waals surface area contributed by atoms with Gasteiger partial charge in [0.1, 0.15) is 5.82 Å². The molecule has 1 aliphatic heterocycles. The molecule has 0 radical (unpaired) electrons. The minimum Gasteiger partial charge on any atom is -0.334 e. The molecule has 1 unspecified atom stereocenters. The third-order valence-corrected chi connectivity index (χ3v) is 4.53. The van der Waals surface area contributed by atoms with Crippen molar-refractivity contribution >= 4 is 17.8 Å². The van der Waals surface area contributed by atoms with Crippen molar-refractivity contribution in [2.75, 3.05) is 18.4 Å². The Labute approximate surface area is 153 Å². The van der Waals surface area contributed by atoms with Gasteiger partial charge < -0.3 is 15.5 Å². The molecule has 6 nitrogen and oxygen atoms in total. The third-order valence-electron chi connectivity index (χ3n) is 4.53. The van der Waals surface area contributed by atoms with Gasteiger partial charge in [0.2, 0.25) is 5.91 Å². The number of anilines is 1. The zero-order valence-electron chi connectivity index (χ0n) is 14.9. The maximum atomic E-state index is 12.5. The van der Waals surface area contributed by atoms with Crippen LogP contribution in [-0.4, -0.2) is 34.9 Å². The number of amides is 3. The van der Waals surface area contributed by atoms with E-state index >= 15 is 0 Å². The summed E-state index contributed by atoms with van der Waals surface area (Å²) in [6, 6.07) is 13.4. The first-order valence-corrected chi connectivity index (χ1v) is 8.92. The number of aryl methyl sites for hydroxylation is 1. The van der Waals surface area contributed by atoms with E-state index in [0.29, 0.717) is 25.5 Å². The average molecular weight is 352 g/mol. The quantitative estimate of drug-likeness (QED) is 0.888. The van der Waals surface area contributed by atoms with Gasteiger partial charge in [0.05, 0.1) is 5.92 Å². The fraction of sp³-hybridized carbons (Fsp3) is 0.350. The topological polar surface area (TPSA) is 74.3 Å². The highest BCUT2D eigenvalue weighted by Gasteiger charge is 2.28. The first-order valence-electron chi connectivity index (χ1n) is 8.92. The van der Waals surface area contributed by atoms with E-state index in [4.69, 9.17) is 0 Å². The van der Waals surface area contributed by atoms with Crippen molar-refractivity contribution in [1.29, 1.82) is 0 Å². The van der Waals surface area contributed by atoms with Crippen molar-refractivity contribution in [1.82, 2.24) is 15.2 Å². The van der Waals surface area contributed by atoms with E-state index in [1.807, 2.05) is 43.3 Å². The number of hydrogen-bond acceptors (Lipinski definition) is 3. The van der Waals surface area contributed by atoms with E-state index in [1.165, 1.54) is 0 Å². The second-order valence-electron chi connectivity index (χ2n) is 6.64. The van der Waals surface area contributed by atoms with E-state index in [-0.39, 0.29) is 17.9 Å². The van der Waals surface area contributed by atoms with Crippen molar-refractivity contribution in [3.8, 4) is 0 Å². The van der Waals surface area contributed by atoms with Crippen LogP contribution in [0.15, 0.2) is 48.7 Å². The van der Waals surface area contributed by atoms with Crippen LogP contribution in [-0.2, 0) is 11.3 Å². The molecule has 3 amide bonds. The fourth-order valence-electron chi connectivity index (χ4n) is 3.03. The summed E-state index contributed by atoms with van der Waals surface area (Å²) < 4.78 is 0. The molecule has 1 atom stereocenters. The monoisotopic (exact) mass is 352 g/mol. The Morgan fingerprint density at radius 3 is 2.73 bits per heavy atom. The lowest BCUT2D eigenvalue weighted by atomic mass is 9.97. The number of benzene rings is 1. The molecule has 0 aliphatic carbocycles. The van der Waals surface area contributed by atoms with E-state index in [0.717, 1.165) is 24.0 Å². The summed E-state index contributed by atoms with van der Waals surface area (Å²) in [5.74, 6) is 0.252. The number of carbonyl (C=O) groups excluding carboxylic acids is 2. The molecule has 1 aromatic heterocycles.